The van der Waals surface area contributed by atoms with Crippen LogP contribution in [-0.4, -0.2) is 50.5 Å². The predicted molar refractivity (Wildman–Crippen MR) is 123 cm³/mol. The molecular weight excluding hydrogens is 469 g/mol. The van der Waals surface area contributed by atoms with Crippen molar-refractivity contribution >= 4 is 35.8 Å². The fourth-order valence-electron chi connectivity index (χ4n) is 2.40. The van der Waals surface area contributed by atoms with Gasteiger partial charge in [-0.2, -0.15) is 0 Å². The molecule has 154 valence electrons. The summed E-state index contributed by atoms with van der Waals surface area (Å²) in [7, 11) is 3.96. The largest absolute Gasteiger partial charge is 0.467 e. The van der Waals surface area contributed by atoms with E-state index in [1.807, 2.05) is 62.3 Å². The second-order valence-electron chi connectivity index (χ2n) is 6.39. The molecule has 0 radical (unpaired) electrons. The van der Waals surface area contributed by atoms with Crippen LogP contribution in [0.2, 0.25) is 0 Å². The van der Waals surface area contributed by atoms with Crippen LogP contribution in [0, 0.1) is 0 Å². The SMILES string of the molecule is CCNC(=NCc1cccc(C(=O)NCCN(C)C)c1)NCc1ccco1.I. The van der Waals surface area contributed by atoms with Crippen LogP contribution in [0.4, 0.5) is 0 Å². The number of guanidine groups is 1. The minimum atomic E-state index is -0.0643. The molecule has 8 heteroatoms. The topological polar surface area (TPSA) is 81.9 Å². The Morgan fingerprint density at radius 2 is 1.96 bits per heavy atom. The van der Waals surface area contributed by atoms with Gasteiger partial charge in [-0.1, -0.05) is 12.1 Å². The van der Waals surface area contributed by atoms with Crippen LogP contribution in [-0.2, 0) is 13.1 Å². The molecule has 0 bridgehead atoms. The van der Waals surface area contributed by atoms with E-state index in [1.54, 1.807) is 6.26 Å². The lowest BCUT2D eigenvalue weighted by atomic mass is 10.1. The summed E-state index contributed by atoms with van der Waals surface area (Å²) in [6.07, 6.45) is 1.65. The summed E-state index contributed by atoms with van der Waals surface area (Å²) in [5, 5.41) is 9.36. The van der Waals surface area contributed by atoms with Gasteiger partial charge in [0.05, 0.1) is 19.4 Å². The number of furan rings is 1. The summed E-state index contributed by atoms with van der Waals surface area (Å²) in [4.78, 5) is 18.9. The number of carbonyl (C=O) groups excluding carboxylic acids is 1. The van der Waals surface area contributed by atoms with Gasteiger partial charge in [0.2, 0.25) is 0 Å². The Labute approximate surface area is 184 Å². The van der Waals surface area contributed by atoms with E-state index in [4.69, 9.17) is 4.42 Å². The molecule has 0 unspecified atom stereocenters. The van der Waals surface area contributed by atoms with Crippen molar-refractivity contribution in [1.29, 1.82) is 0 Å². The third-order valence-corrected chi connectivity index (χ3v) is 3.81. The zero-order valence-corrected chi connectivity index (χ0v) is 19.0. The second kappa shape index (κ2) is 13.2. The van der Waals surface area contributed by atoms with E-state index in [0.717, 1.165) is 24.4 Å². The summed E-state index contributed by atoms with van der Waals surface area (Å²) in [5.74, 6) is 1.48. The Balaban J connectivity index is 0.00000392. The first-order chi connectivity index (χ1) is 13.1. The minimum Gasteiger partial charge on any atom is -0.467 e. The van der Waals surface area contributed by atoms with Crippen LogP contribution in [0.15, 0.2) is 52.1 Å². The van der Waals surface area contributed by atoms with E-state index in [-0.39, 0.29) is 29.9 Å². The minimum absolute atomic E-state index is 0. The van der Waals surface area contributed by atoms with Gasteiger partial charge in [-0.05, 0) is 50.8 Å². The molecule has 1 aromatic carbocycles. The molecule has 0 fully saturated rings. The maximum Gasteiger partial charge on any atom is 0.251 e. The van der Waals surface area contributed by atoms with Gasteiger partial charge in [0.1, 0.15) is 5.76 Å². The van der Waals surface area contributed by atoms with Crippen molar-refractivity contribution in [1.82, 2.24) is 20.9 Å². The van der Waals surface area contributed by atoms with E-state index >= 15 is 0 Å². The van der Waals surface area contributed by atoms with Gasteiger partial charge < -0.3 is 25.3 Å². The van der Waals surface area contributed by atoms with E-state index in [2.05, 4.69) is 20.9 Å². The quantitative estimate of drug-likeness (QED) is 0.281. The second-order valence-corrected chi connectivity index (χ2v) is 6.39. The monoisotopic (exact) mass is 499 g/mol. The first kappa shape index (κ1) is 24.0. The number of nitrogens with zero attached hydrogens (tertiary/aromatic N) is 2. The average molecular weight is 499 g/mol. The number of likely N-dealkylation sites (N-methyl/N-ethyl adjacent to an activating group) is 1. The number of benzene rings is 1. The molecule has 7 nitrogen and oxygen atoms in total. The fraction of sp³-hybridized carbons (Fsp3) is 0.400. The van der Waals surface area contributed by atoms with Gasteiger partial charge in [0.25, 0.3) is 5.91 Å². The van der Waals surface area contributed by atoms with Crippen LogP contribution < -0.4 is 16.0 Å². The van der Waals surface area contributed by atoms with Gasteiger partial charge >= 0.3 is 0 Å². The van der Waals surface area contributed by atoms with Crippen molar-refractivity contribution < 1.29 is 9.21 Å². The van der Waals surface area contributed by atoms with E-state index in [9.17, 15) is 4.79 Å². The lowest BCUT2D eigenvalue weighted by Crippen LogP contribution is -2.36. The molecule has 0 atom stereocenters. The molecule has 3 N–H and O–H groups in total. The zero-order chi connectivity index (χ0) is 19.5. The van der Waals surface area contributed by atoms with Gasteiger partial charge in [0, 0.05) is 25.2 Å². The van der Waals surface area contributed by atoms with Crippen LogP contribution in [0.25, 0.3) is 0 Å². The maximum absolute atomic E-state index is 12.3. The molecule has 2 rings (SSSR count). The lowest BCUT2D eigenvalue weighted by molar-refractivity contribution is 0.0951. The molecular formula is C20H30IN5O2. The third kappa shape index (κ3) is 8.75. The lowest BCUT2D eigenvalue weighted by Gasteiger charge is -2.11. The molecule has 1 heterocycles. The van der Waals surface area contributed by atoms with Gasteiger partial charge in [-0.15, -0.1) is 24.0 Å². The Kier molecular flexibility index (Phi) is 11.3. The number of nitrogens with one attached hydrogen (secondary N) is 3. The molecule has 0 spiro atoms. The first-order valence-electron chi connectivity index (χ1n) is 9.15. The molecule has 1 aromatic heterocycles. The van der Waals surface area contributed by atoms with E-state index < -0.39 is 0 Å². The normalized spacial score (nSPS) is 11.1. The highest BCUT2D eigenvalue weighted by atomic mass is 127. The predicted octanol–water partition coefficient (Wildman–Crippen LogP) is 2.44. The first-order valence-corrected chi connectivity index (χ1v) is 9.15. The number of halogens is 1. The van der Waals surface area contributed by atoms with Crippen LogP contribution in [0.1, 0.15) is 28.6 Å². The van der Waals surface area contributed by atoms with Crippen LogP contribution in [0.5, 0.6) is 0 Å². The Hall–Kier alpha value is -2.07. The van der Waals surface area contributed by atoms with Gasteiger partial charge in [0.15, 0.2) is 5.96 Å². The number of aliphatic imine (C=N–C) groups is 1. The number of rotatable bonds is 9. The van der Waals surface area contributed by atoms with Crippen molar-refractivity contribution in [2.45, 2.75) is 20.0 Å². The van der Waals surface area contributed by atoms with Crippen molar-refractivity contribution in [2.24, 2.45) is 4.99 Å². The molecule has 0 aliphatic rings. The van der Waals surface area contributed by atoms with Crippen LogP contribution in [0.3, 0.4) is 0 Å². The van der Waals surface area contributed by atoms with Crippen molar-refractivity contribution in [3.8, 4) is 0 Å². The highest BCUT2D eigenvalue weighted by Gasteiger charge is 2.06. The molecule has 28 heavy (non-hydrogen) atoms. The molecule has 0 aliphatic carbocycles. The van der Waals surface area contributed by atoms with Crippen molar-refractivity contribution in [3.05, 3.63) is 59.5 Å². The molecule has 0 aliphatic heterocycles. The maximum atomic E-state index is 12.3. The summed E-state index contributed by atoms with van der Waals surface area (Å²) in [6, 6.07) is 11.3. The number of hydrogen-bond donors (Lipinski definition) is 3. The average Bonchev–Trinajstić information content (AvgIpc) is 3.17. The standard InChI is InChI=1S/C20H29N5O2.HI/c1-4-21-20(24-15-18-9-6-12-27-18)23-14-16-7-5-8-17(13-16)19(26)22-10-11-25(2)3;/h5-9,12-13H,4,10-11,14-15H2,1-3H3,(H,22,26)(H2,21,23,24);1H. The molecule has 1 amide bonds. The summed E-state index contributed by atoms with van der Waals surface area (Å²) < 4.78 is 5.32. The van der Waals surface area contributed by atoms with Crippen LogP contribution >= 0.6 is 24.0 Å². The Bertz CT molecular complexity index is 732. The zero-order valence-electron chi connectivity index (χ0n) is 16.7. The molecule has 2 aromatic rings. The third-order valence-electron chi connectivity index (χ3n) is 3.81. The highest BCUT2D eigenvalue weighted by Crippen LogP contribution is 2.07. The Morgan fingerprint density at radius 1 is 1.14 bits per heavy atom. The van der Waals surface area contributed by atoms with Gasteiger partial charge in [-0.25, -0.2) is 4.99 Å². The van der Waals surface area contributed by atoms with E-state index in [1.165, 1.54) is 0 Å². The van der Waals surface area contributed by atoms with Crippen molar-refractivity contribution in [2.75, 3.05) is 33.7 Å². The number of hydrogen-bond acceptors (Lipinski definition) is 4. The fourth-order valence-corrected chi connectivity index (χ4v) is 2.40. The number of amides is 1. The highest BCUT2D eigenvalue weighted by molar-refractivity contribution is 14.0. The van der Waals surface area contributed by atoms with E-state index in [0.29, 0.717) is 31.2 Å². The Morgan fingerprint density at radius 3 is 2.64 bits per heavy atom. The summed E-state index contributed by atoms with van der Waals surface area (Å²) >= 11 is 0. The van der Waals surface area contributed by atoms with Crippen molar-refractivity contribution in [3.63, 3.8) is 0 Å². The van der Waals surface area contributed by atoms with Gasteiger partial charge in [-0.3, -0.25) is 4.79 Å². The summed E-state index contributed by atoms with van der Waals surface area (Å²) in [5.41, 5.74) is 1.63. The molecule has 0 saturated heterocycles. The summed E-state index contributed by atoms with van der Waals surface area (Å²) in [6.45, 7) is 5.25. The molecule has 0 saturated carbocycles. The number of carbonyl (C=O) groups is 1. The smallest absolute Gasteiger partial charge is 0.251 e.